The Kier molecular flexibility index (Phi) is 4.93. The number of ether oxygens (including phenoxy) is 2. The van der Waals surface area contributed by atoms with Gasteiger partial charge in [-0.2, -0.15) is 0 Å². The van der Waals surface area contributed by atoms with Crippen LogP contribution in [0, 0.1) is 0 Å². The third-order valence-electron chi connectivity index (χ3n) is 4.00. The van der Waals surface area contributed by atoms with Crippen molar-refractivity contribution in [1.82, 2.24) is 9.88 Å². The zero-order chi connectivity index (χ0) is 16.2. The molecule has 1 aliphatic heterocycles. The zero-order valence-electron chi connectivity index (χ0n) is 13.5. The molecule has 1 aromatic heterocycles. The van der Waals surface area contributed by atoms with E-state index in [2.05, 4.69) is 9.88 Å². The summed E-state index contributed by atoms with van der Waals surface area (Å²) in [4.78, 5) is 18.4. The highest BCUT2D eigenvalue weighted by atomic mass is 16.6. The molecule has 0 unspecified atom stereocenters. The van der Waals surface area contributed by atoms with E-state index in [4.69, 9.17) is 13.9 Å². The lowest BCUT2D eigenvalue weighted by Gasteiger charge is -2.35. The van der Waals surface area contributed by atoms with E-state index >= 15 is 0 Å². The summed E-state index contributed by atoms with van der Waals surface area (Å²) in [5, 5.41) is 0. The smallest absolute Gasteiger partial charge is 0.336 e. The van der Waals surface area contributed by atoms with Gasteiger partial charge in [0.1, 0.15) is 5.52 Å². The summed E-state index contributed by atoms with van der Waals surface area (Å²) in [6.45, 7) is 4.24. The molecule has 1 aromatic carbocycles. The first-order valence-corrected chi connectivity index (χ1v) is 7.96. The number of hydrogen-bond acceptors (Lipinski definition) is 6. The number of oxazole rings is 1. The fraction of sp³-hybridized carbons (Fsp3) is 0.529. The summed E-state index contributed by atoms with van der Waals surface area (Å²) in [5.74, 6) is 0.456. The predicted molar refractivity (Wildman–Crippen MR) is 85.1 cm³/mol. The summed E-state index contributed by atoms with van der Waals surface area (Å²) < 4.78 is 16.1. The third-order valence-corrected chi connectivity index (χ3v) is 4.00. The Balaban J connectivity index is 1.52. The minimum absolute atomic E-state index is 0.0252. The van der Waals surface area contributed by atoms with Crippen molar-refractivity contribution >= 4 is 17.1 Å². The normalized spacial score (nSPS) is 22.3. The quantitative estimate of drug-likeness (QED) is 0.786. The SMILES string of the molecule is COC(=O)[C@H]1CN(CCCc2nc3ccccc3o2)C[C@@H](C)O1. The van der Waals surface area contributed by atoms with Gasteiger partial charge in [-0.15, -0.1) is 0 Å². The van der Waals surface area contributed by atoms with Gasteiger partial charge in [-0.05, 0) is 32.0 Å². The molecule has 3 rings (SSSR count). The van der Waals surface area contributed by atoms with E-state index in [0.717, 1.165) is 42.9 Å². The van der Waals surface area contributed by atoms with Crippen molar-refractivity contribution in [2.75, 3.05) is 26.7 Å². The average molecular weight is 318 g/mol. The van der Waals surface area contributed by atoms with E-state index in [-0.39, 0.29) is 12.1 Å². The molecule has 0 bridgehead atoms. The van der Waals surface area contributed by atoms with Crippen LogP contribution in [0.15, 0.2) is 28.7 Å². The standard InChI is InChI=1S/C17H22N2O4/c1-12-10-19(11-15(22-12)17(20)21-2)9-5-8-16-18-13-6-3-4-7-14(13)23-16/h3-4,6-7,12,15H,5,8-11H2,1-2H3/t12-,15-/m1/s1. The van der Waals surface area contributed by atoms with Crippen molar-refractivity contribution in [3.63, 3.8) is 0 Å². The Morgan fingerprint density at radius 2 is 2.22 bits per heavy atom. The van der Waals surface area contributed by atoms with Gasteiger partial charge in [0, 0.05) is 19.5 Å². The molecule has 0 N–H and O–H groups in total. The van der Waals surface area contributed by atoms with Crippen LogP contribution in [0.4, 0.5) is 0 Å². The van der Waals surface area contributed by atoms with Gasteiger partial charge in [0.2, 0.25) is 0 Å². The van der Waals surface area contributed by atoms with Crippen molar-refractivity contribution in [2.45, 2.75) is 32.0 Å². The lowest BCUT2D eigenvalue weighted by atomic mass is 10.2. The first-order valence-electron chi connectivity index (χ1n) is 7.96. The summed E-state index contributed by atoms with van der Waals surface area (Å²) in [5.41, 5.74) is 1.72. The van der Waals surface area contributed by atoms with Crippen LogP contribution in [0.5, 0.6) is 0 Å². The lowest BCUT2D eigenvalue weighted by molar-refractivity contribution is -0.166. The molecule has 124 valence electrons. The molecule has 1 saturated heterocycles. The number of hydrogen-bond donors (Lipinski definition) is 0. The lowest BCUT2D eigenvalue weighted by Crippen LogP contribution is -2.50. The number of aryl methyl sites for hydroxylation is 1. The Bertz CT molecular complexity index is 636. The van der Waals surface area contributed by atoms with E-state index in [0.29, 0.717) is 6.54 Å². The van der Waals surface area contributed by atoms with Crippen LogP contribution in [0.1, 0.15) is 19.2 Å². The second-order valence-corrected chi connectivity index (χ2v) is 5.90. The number of benzene rings is 1. The number of fused-ring (bicyclic) bond motifs is 1. The molecule has 2 atom stereocenters. The van der Waals surface area contributed by atoms with Crippen molar-refractivity contribution in [3.8, 4) is 0 Å². The van der Waals surface area contributed by atoms with Crippen LogP contribution in [-0.2, 0) is 20.7 Å². The molecule has 1 aliphatic rings. The van der Waals surface area contributed by atoms with Gasteiger partial charge in [0.25, 0.3) is 0 Å². The first kappa shape index (κ1) is 16.0. The molecule has 0 saturated carbocycles. The number of methoxy groups -OCH3 is 1. The van der Waals surface area contributed by atoms with Gasteiger partial charge < -0.3 is 13.9 Å². The Morgan fingerprint density at radius 3 is 3.00 bits per heavy atom. The molecule has 0 aliphatic carbocycles. The molecule has 23 heavy (non-hydrogen) atoms. The van der Waals surface area contributed by atoms with Crippen molar-refractivity contribution in [2.24, 2.45) is 0 Å². The number of carbonyl (C=O) groups excluding carboxylic acids is 1. The van der Waals surface area contributed by atoms with Crippen LogP contribution in [0.3, 0.4) is 0 Å². The second-order valence-electron chi connectivity index (χ2n) is 5.90. The minimum atomic E-state index is -0.493. The molecular formula is C17H22N2O4. The summed E-state index contributed by atoms with van der Waals surface area (Å²) in [6, 6.07) is 7.78. The van der Waals surface area contributed by atoms with E-state index in [1.807, 2.05) is 31.2 Å². The molecule has 6 nitrogen and oxygen atoms in total. The number of nitrogens with zero attached hydrogens (tertiary/aromatic N) is 2. The number of rotatable bonds is 5. The zero-order valence-corrected chi connectivity index (χ0v) is 13.5. The van der Waals surface area contributed by atoms with Gasteiger partial charge in [0.05, 0.1) is 13.2 Å². The fourth-order valence-electron chi connectivity index (χ4n) is 2.96. The first-order chi connectivity index (χ1) is 11.2. The molecular weight excluding hydrogens is 296 g/mol. The Morgan fingerprint density at radius 1 is 1.39 bits per heavy atom. The van der Waals surface area contributed by atoms with Crippen LogP contribution in [0.2, 0.25) is 0 Å². The van der Waals surface area contributed by atoms with E-state index in [1.54, 1.807) is 0 Å². The van der Waals surface area contributed by atoms with Crippen LogP contribution >= 0.6 is 0 Å². The van der Waals surface area contributed by atoms with Crippen molar-refractivity contribution in [3.05, 3.63) is 30.2 Å². The van der Waals surface area contributed by atoms with Crippen molar-refractivity contribution < 1.29 is 18.7 Å². The van der Waals surface area contributed by atoms with Gasteiger partial charge in [-0.1, -0.05) is 12.1 Å². The molecule has 0 radical (unpaired) electrons. The van der Waals surface area contributed by atoms with Gasteiger partial charge in [-0.25, -0.2) is 9.78 Å². The molecule has 2 heterocycles. The summed E-state index contributed by atoms with van der Waals surface area (Å²) in [7, 11) is 1.39. The average Bonchev–Trinajstić information content (AvgIpc) is 2.96. The largest absolute Gasteiger partial charge is 0.467 e. The highest BCUT2D eigenvalue weighted by Gasteiger charge is 2.30. The second kappa shape index (κ2) is 7.10. The molecule has 6 heteroatoms. The topological polar surface area (TPSA) is 64.8 Å². The predicted octanol–water partition coefficient (Wildman–Crippen LogP) is 2.02. The Labute approximate surface area is 135 Å². The highest BCUT2D eigenvalue weighted by Crippen LogP contribution is 2.17. The van der Waals surface area contributed by atoms with Crippen LogP contribution in [-0.4, -0.2) is 54.8 Å². The molecule has 0 amide bonds. The molecule has 0 spiro atoms. The fourth-order valence-corrected chi connectivity index (χ4v) is 2.96. The van der Waals surface area contributed by atoms with Gasteiger partial charge in [0.15, 0.2) is 17.6 Å². The molecule has 1 fully saturated rings. The maximum atomic E-state index is 11.7. The van der Waals surface area contributed by atoms with Crippen molar-refractivity contribution in [1.29, 1.82) is 0 Å². The highest BCUT2D eigenvalue weighted by molar-refractivity contribution is 5.75. The maximum absolute atomic E-state index is 11.7. The monoisotopic (exact) mass is 318 g/mol. The van der Waals surface area contributed by atoms with E-state index in [9.17, 15) is 4.79 Å². The van der Waals surface area contributed by atoms with Gasteiger partial charge in [-0.3, -0.25) is 4.90 Å². The summed E-state index contributed by atoms with van der Waals surface area (Å²) >= 11 is 0. The van der Waals surface area contributed by atoms with Crippen LogP contribution in [0.25, 0.3) is 11.1 Å². The van der Waals surface area contributed by atoms with Gasteiger partial charge >= 0.3 is 5.97 Å². The van der Waals surface area contributed by atoms with E-state index < -0.39 is 6.10 Å². The number of esters is 1. The minimum Gasteiger partial charge on any atom is -0.467 e. The number of aromatic nitrogens is 1. The molecule has 2 aromatic rings. The number of morpholine rings is 1. The number of para-hydroxylation sites is 2. The van der Waals surface area contributed by atoms with E-state index in [1.165, 1.54) is 7.11 Å². The maximum Gasteiger partial charge on any atom is 0.336 e. The third kappa shape index (κ3) is 3.89. The number of carbonyl (C=O) groups is 1. The summed E-state index contributed by atoms with van der Waals surface area (Å²) in [6.07, 6.45) is 1.24. The Hall–Kier alpha value is -1.92. The van der Waals surface area contributed by atoms with Crippen LogP contribution < -0.4 is 0 Å².